The van der Waals surface area contributed by atoms with E-state index in [1.807, 2.05) is 6.92 Å². The lowest BCUT2D eigenvalue weighted by atomic mass is 10.3. The van der Waals surface area contributed by atoms with E-state index in [9.17, 15) is 10.1 Å². The number of rotatable bonds is 2. The first-order chi connectivity index (χ1) is 7.16. The third-order valence-corrected chi connectivity index (χ3v) is 2.04. The molecule has 15 heavy (non-hydrogen) atoms. The van der Waals surface area contributed by atoms with E-state index >= 15 is 0 Å². The van der Waals surface area contributed by atoms with E-state index in [0.29, 0.717) is 0 Å². The highest BCUT2D eigenvalue weighted by Gasteiger charge is 2.14. The Morgan fingerprint density at radius 2 is 2.13 bits per heavy atom. The van der Waals surface area contributed by atoms with E-state index in [1.54, 1.807) is 23.5 Å². The maximum atomic E-state index is 10.4. The van der Waals surface area contributed by atoms with E-state index in [2.05, 4.69) is 10.5 Å². The standard InChI is InChI=1S/C9H10N4O2/c1-7-6-10-12(11-7)8-2-4-9(5-3-8)13(14)15/h2-7,11H,1H3. The first-order valence-corrected chi connectivity index (χ1v) is 4.51. The van der Waals surface area contributed by atoms with Gasteiger partial charge in [-0.1, -0.05) is 0 Å². The van der Waals surface area contributed by atoms with Crippen LogP contribution in [0, 0.1) is 10.1 Å². The molecule has 1 aliphatic heterocycles. The Hall–Kier alpha value is -1.95. The van der Waals surface area contributed by atoms with Crippen LogP contribution in [-0.4, -0.2) is 17.2 Å². The molecule has 0 saturated carbocycles. The van der Waals surface area contributed by atoms with Crippen LogP contribution in [0.25, 0.3) is 0 Å². The van der Waals surface area contributed by atoms with Crippen molar-refractivity contribution in [1.82, 2.24) is 5.43 Å². The summed E-state index contributed by atoms with van der Waals surface area (Å²) in [4.78, 5) is 10.0. The number of hydrogen-bond donors (Lipinski definition) is 1. The van der Waals surface area contributed by atoms with Crippen molar-refractivity contribution in [2.24, 2.45) is 5.10 Å². The van der Waals surface area contributed by atoms with Gasteiger partial charge in [-0.2, -0.15) is 10.2 Å². The second-order valence-electron chi connectivity index (χ2n) is 3.27. The summed E-state index contributed by atoms with van der Waals surface area (Å²) in [6, 6.07) is 6.40. The zero-order valence-corrected chi connectivity index (χ0v) is 8.12. The molecule has 0 spiro atoms. The van der Waals surface area contributed by atoms with Crippen molar-refractivity contribution in [3.05, 3.63) is 34.4 Å². The number of nitro benzene ring substituents is 1. The van der Waals surface area contributed by atoms with Crippen LogP contribution in [0.15, 0.2) is 29.4 Å². The van der Waals surface area contributed by atoms with Gasteiger partial charge in [0.1, 0.15) is 0 Å². The summed E-state index contributed by atoms with van der Waals surface area (Å²) in [5.41, 5.74) is 3.92. The molecule has 0 aromatic heterocycles. The Labute approximate surface area is 86.3 Å². The minimum atomic E-state index is -0.424. The average Bonchev–Trinajstić information content (AvgIpc) is 2.65. The molecule has 1 aromatic rings. The Balaban J connectivity index is 2.17. The molecule has 1 N–H and O–H groups in total. The molecule has 1 atom stereocenters. The van der Waals surface area contributed by atoms with E-state index in [-0.39, 0.29) is 11.7 Å². The van der Waals surface area contributed by atoms with Crippen LogP contribution in [0.3, 0.4) is 0 Å². The fourth-order valence-corrected chi connectivity index (χ4v) is 1.28. The molecule has 1 aromatic carbocycles. The molecule has 2 rings (SSSR count). The number of nitrogens with one attached hydrogen (secondary N) is 1. The number of anilines is 1. The number of hydrazine groups is 1. The molecule has 1 aliphatic rings. The summed E-state index contributed by atoms with van der Waals surface area (Å²) in [5.74, 6) is 0. The van der Waals surface area contributed by atoms with E-state index < -0.39 is 4.92 Å². The van der Waals surface area contributed by atoms with Crippen molar-refractivity contribution in [3.63, 3.8) is 0 Å². The predicted octanol–water partition coefficient (Wildman–Crippen LogP) is 1.29. The van der Waals surface area contributed by atoms with Crippen molar-refractivity contribution in [1.29, 1.82) is 0 Å². The third-order valence-electron chi connectivity index (χ3n) is 2.04. The molecule has 1 heterocycles. The lowest BCUT2D eigenvalue weighted by Gasteiger charge is -2.15. The van der Waals surface area contributed by atoms with Gasteiger partial charge < -0.3 is 0 Å². The predicted molar refractivity (Wildman–Crippen MR) is 56.7 cm³/mol. The molecule has 0 bridgehead atoms. The van der Waals surface area contributed by atoms with Crippen LogP contribution in [0.4, 0.5) is 11.4 Å². The smallest absolute Gasteiger partial charge is 0.258 e. The van der Waals surface area contributed by atoms with Gasteiger partial charge >= 0.3 is 0 Å². The van der Waals surface area contributed by atoms with Gasteiger partial charge in [0.15, 0.2) is 0 Å². The number of non-ortho nitro benzene ring substituents is 1. The lowest BCUT2D eigenvalue weighted by molar-refractivity contribution is -0.384. The third kappa shape index (κ3) is 1.94. The molecule has 0 aliphatic carbocycles. The minimum absolute atomic E-state index is 0.0787. The highest BCUT2D eigenvalue weighted by molar-refractivity contribution is 5.69. The summed E-state index contributed by atoms with van der Waals surface area (Å²) in [6.45, 7) is 1.97. The highest BCUT2D eigenvalue weighted by atomic mass is 16.6. The Bertz CT molecular complexity index is 401. The van der Waals surface area contributed by atoms with Gasteiger partial charge in [0, 0.05) is 18.3 Å². The molecule has 78 valence electrons. The first kappa shape index (κ1) is 9.60. The van der Waals surface area contributed by atoms with Gasteiger partial charge in [0.2, 0.25) is 0 Å². The molecular weight excluding hydrogens is 196 g/mol. The van der Waals surface area contributed by atoms with Gasteiger partial charge in [-0.05, 0) is 19.1 Å². The number of nitrogens with zero attached hydrogens (tertiary/aromatic N) is 3. The van der Waals surface area contributed by atoms with Gasteiger partial charge in [-0.3, -0.25) is 10.1 Å². The maximum absolute atomic E-state index is 10.4. The summed E-state index contributed by atoms with van der Waals surface area (Å²) in [7, 11) is 0. The zero-order valence-electron chi connectivity index (χ0n) is 8.12. The minimum Gasteiger partial charge on any atom is -0.258 e. The Kier molecular flexibility index (Phi) is 2.34. The number of nitro groups is 1. The normalized spacial score (nSPS) is 19.5. The summed E-state index contributed by atoms with van der Waals surface area (Å²) < 4.78 is 0. The van der Waals surface area contributed by atoms with Gasteiger partial charge in [0.05, 0.1) is 16.7 Å². The second-order valence-corrected chi connectivity index (χ2v) is 3.27. The number of benzene rings is 1. The van der Waals surface area contributed by atoms with Crippen molar-refractivity contribution < 1.29 is 4.92 Å². The largest absolute Gasteiger partial charge is 0.269 e. The topological polar surface area (TPSA) is 70.8 Å². The monoisotopic (exact) mass is 206 g/mol. The van der Waals surface area contributed by atoms with Crippen molar-refractivity contribution >= 4 is 17.6 Å². The van der Waals surface area contributed by atoms with Crippen LogP contribution >= 0.6 is 0 Å². The molecule has 0 radical (unpaired) electrons. The summed E-state index contributed by atoms with van der Waals surface area (Å²) in [5, 5.41) is 16.1. The molecule has 6 nitrogen and oxygen atoms in total. The quantitative estimate of drug-likeness (QED) is 0.584. The van der Waals surface area contributed by atoms with E-state index in [0.717, 1.165) is 5.69 Å². The average molecular weight is 206 g/mol. The van der Waals surface area contributed by atoms with Gasteiger partial charge in [0.25, 0.3) is 5.69 Å². The lowest BCUT2D eigenvalue weighted by Crippen LogP contribution is -2.33. The van der Waals surface area contributed by atoms with Crippen LogP contribution < -0.4 is 10.5 Å². The second kappa shape index (κ2) is 3.66. The number of hydrazone groups is 1. The van der Waals surface area contributed by atoms with Crippen LogP contribution in [-0.2, 0) is 0 Å². The maximum Gasteiger partial charge on any atom is 0.269 e. The molecule has 0 saturated heterocycles. The van der Waals surface area contributed by atoms with Crippen molar-refractivity contribution in [2.75, 3.05) is 5.12 Å². The van der Waals surface area contributed by atoms with Crippen LogP contribution in [0.2, 0.25) is 0 Å². The molecule has 0 amide bonds. The van der Waals surface area contributed by atoms with Gasteiger partial charge in [-0.15, -0.1) is 0 Å². The Morgan fingerprint density at radius 1 is 1.47 bits per heavy atom. The van der Waals surface area contributed by atoms with Crippen LogP contribution in [0.5, 0.6) is 0 Å². The number of hydrogen-bond acceptors (Lipinski definition) is 5. The van der Waals surface area contributed by atoms with Crippen molar-refractivity contribution in [3.8, 4) is 0 Å². The van der Waals surface area contributed by atoms with Crippen LogP contribution in [0.1, 0.15) is 6.92 Å². The molecule has 6 heteroatoms. The van der Waals surface area contributed by atoms with E-state index in [1.165, 1.54) is 12.1 Å². The SMILES string of the molecule is CC1C=NN(c2ccc([N+](=O)[O-])cc2)N1. The highest BCUT2D eigenvalue weighted by Crippen LogP contribution is 2.19. The van der Waals surface area contributed by atoms with Gasteiger partial charge in [-0.25, -0.2) is 5.43 Å². The van der Waals surface area contributed by atoms with E-state index in [4.69, 9.17) is 0 Å². The fraction of sp³-hybridized carbons (Fsp3) is 0.222. The first-order valence-electron chi connectivity index (χ1n) is 4.51. The molecule has 0 fully saturated rings. The van der Waals surface area contributed by atoms with Crippen molar-refractivity contribution in [2.45, 2.75) is 13.0 Å². The molecular formula is C9H10N4O2. The summed E-state index contributed by atoms with van der Waals surface area (Å²) in [6.07, 6.45) is 1.77. The molecule has 1 unspecified atom stereocenters. The fourth-order valence-electron chi connectivity index (χ4n) is 1.28. The Morgan fingerprint density at radius 3 is 2.60 bits per heavy atom. The summed E-state index contributed by atoms with van der Waals surface area (Å²) >= 11 is 0. The zero-order chi connectivity index (χ0) is 10.8.